The van der Waals surface area contributed by atoms with Gasteiger partial charge in [-0.3, -0.25) is 9.59 Å². The molecule has 118 valence electrons. The van der Waals surface area contributed by atoms with Crippen molar-refractivity contribution in [3.8, 4) is 0 Å². The molecular formula is C18H17FN2O2. The van der Waals surface area contributed by atoms with Gasteiger partial charge in [0.1, 0.15) is 5.82 Å². The number of carbonyl (C=O) groups excluding carboxylic acids is 2. The van der Waals surface area contributed by atoms with Gasteiger partial charge in [-0.2, -0.15) is 0 Å². The fourth-order valence-electron chi connectivity index (χ4n) is 2.65. The smallest absolute Gasteiger partial charge is 0.243 e. The van der Waals surface area contributed by atoms with Crippen LogP contribution in [0.3, 0.4) is 0 Å². The standard InChI is InChI=1S/C18H17FN2O2/c19-15-9-5-4-8-14(15)18(10-11-18)17(23)20-12-16(22)21-13-6-2-1-3-7-13/h1-9H,10-12H2,(H,20,23)(H,21,22). The summed E-state index contributed by atoms with van der Waals surface area (Å²) < 4.78 is 13.9. The van der Waals surface area contributed by atoms with Crippen LogP contribution in [0.15, 0.2) is 54.6 Å². The zero-order valence-electron chi connectivity index (χ0n) is 12.5. The van der Waals surface area contributed by atoms with Crippen molar-refractivity contribution in [1.82, 2.24) is 5.32 Å². The number of carbonyl (C=O) groups is 2. The highest BCUT2D eigenvalue weighted by molar-refractivity contribution is 5.97. The Morgan fingerprint density at radius 2 is 1.65 bits per heavy atom. The summed E-state index contributed by atoms with van der Waals surface area (Å²) in [6.07, 6.45) is 1.19. The van der Waals surface area contributed by atoms with Crippen molar-refractivity contribution in [3.05, 3.63) is 66.0 Å². The van der Waals surface area contributed by atoms with Crippen molar-refractivity contribution >= 4 is 17.5 Å². The van der Waals surface area contributed by atoms with E-state index in [0.717, 1.165) is 0 Å². The number of anilines is 1. The van der Waals surface area contributed by atoms with Crippen molar-refractivity contribution in [2.45, 2.75) is 18.3 Å². The molecule has 2 N–H and O–H groups in total. The Bertz CT molecular complexity index is 727. The summed E-state index contributed by atoms with van der Waals surface area (Å²) in [4.78, 5) is 24.2. The topological polar surface area (TPSA) is 58.2 Å². The minimum absolute atomic E-state index is 0.135. The second-order valence-electron chi connectivity index (χ2n) is 5.66. The summed E-state index contributed by atoms with van der Waals surface area (Å²) in [6.45, 7) is -0.135. The Morgan fingerprint density at radius 1 is 1.00 bits per heavy atom. The van der Waals surface area contributed by atoms with E-state index in [1.54, 1.807) is 30.3 Å². The number of hydrogen-bond acceptors (Lipinski definition) is 2. The lowest BCUT2D eigenvalue weighted by molar-refractivity contribution is -0.126. The fourth-order valence-corrected chi connectivity index (χ4v) is 2.65. The van der Waals surface area contributed by atoms with Crippen molar-refractivity contribution in [3.63, 3.8) is 0 Å². The van der Waals surface area contributed by atoms with Gasteiger partial charge in [0.05, 0.1) is 12.0 Å². The largest absolute Gasteiger partial charge is 0.346 e. The molecular weight excluding hydrogens is 295 g/mol. The molecule has 3 rings (SSSR count). The molecule has 0 unspecified atom stereocenters. The van der Waals surface area contributed by atoms with Crippen LogP contribution in [-0.4, -0.2) is 18.4 Å². The van der Waals surface area contributed by atoms with Gasteiger partial charge in [0, 0.05) is 11.3 Å². The van der Waals surface area contributed by atoms with Gasteiger partial charge in [0.15, 0.2) is 0 Å². The fraction of sp³-hybridized carbons (Fsp3) is 0.222. The van der Waals surface area contributed by atoms with Crippen molar-refractivity contribution < 1.29 is 14.0 Å². The Hall–Kier alpha value is -2.69. The molecule has 2 amide bonds. The predicted octanol–water partition coefficient (Wildman–Crippen LogP) is 2.61. The van der Waals surface area contributed by atoms with E-state index >= 15 is 0 Å². The number of benzene rings is 2. The van der Waals surface area contributed by atoms with E-state index < -0.39 is 5.41 Å². The highest BCUT2D eigenvalue weighted by Gasteiger charge is 2.52. The Kier molecular flexibility index (Phi) is 4.10. The number of rotatable bonds is 5. The van der Waals surface area contributed by atoms with Crippen molar-refractivity contribution in [2.24, 2.45) is 0 Å². The minimum atomic E-state index is -0.821. The minimum Gasteiger partial charge on any atom is -0.346 e. The van der Waals surface area contributed by atoms with Crippen LogP contribution in [0.4, 0.5) is 10.1 Å². The Labute approximate surface area is 133 Å². The first-order valence-corrected chi connectivity index (χ1v) is 7.50. The molecule has 0 aliphatic heterocycles. The summed E-state index contributed by atoms with van der Waals surface area (Å²) >= 11 is 0. The van der Waals surface area contributed by atoms with E-state index in [-0.39, 0.29) is 24.2 Å². The first kappa shape index (κ1) is 15.2. The second kappa shape index (κ2) is 6.20. The summed E-state index contributed by atoms with van der Waals surface area (Å²) in [7, 11) is 0. The van der Waals surface area contributed by atoms with Crippen LogP contribution in [0, 0.1) is 5.82 Å². The molecule has 0 aromatic heterocycles. The number of amides is 2. The highest BCUT2D eigenvalue weighted by Crippen LogP contribution is 2.49. The van der Waals surface area contributed by atoms with Gasteiger partial charge >= 0.3 is 0 Å². The van der Waals surface area contributed by atoms with Crippen molar-refractivity contribution in [1.29, 1.82) is 0 Å². The van der Waals surface area contributed by atoms with Gasteiger partial charge in [0.2, 0.25) is 11.8 Å². The van der Waals surface area contributed by atoms with Gasteiger partial charge in [-0.1, -0.05) is 36.4 Å². The number of nitrogens with one attached hydrogen (secondary N) is 2. The molecule has 0 heterocycles. The molecule has 1 aliphatic carbocycles. The molecule has 0 saturated heterocycles. The lowest BCUT2D eigenvalue weighted by atomic mass is 9.94. The Balaban J connectivity index is 1.60. The highest BCUT2D eigenvalue weighted by atomic mass is 19.1. The molecule has 1 aliphatic rings. The van der Waals surface area contributed by atoms with Crippen LogP contribution in [0.25, 0.3) is 0 Å². The maximum atomic E-state index is 13.9. The van der Waals surface area contributed by atoms with Gasteiger partial charge < -0.3 is 10.6 Å². The number of hydrogen-bond donors (Lipinski definition) is 2. The van der Waals surface area contributed by atoms with Crippen LogP contribution >= 0.6 is 0 Å². The zero-order valence-corrected chi connectivity index (χ0v) is 12.5. The monoisotopic (exact) mass is 312 g/mol. The average Bonchev–Trinajstić information content (AvgIpc) is 3.36. The van der Waals surface area contributed by atoms with Crippen LogP contribution in [0.2, 0.25) is 0 Å². The third-order valence-electron chi connectivity index (χ3n) is 4.04. The average molecular weight is 312 g/mol. The van der Waals surface area contributed by atoms with Crippen LogP contribution in [0.5, 0.6) is 0 Å². The Morgan fingerprint density at radius 3 is 2.30 bits per heavy atom. The molecule has 5 heteroatoms. The summed E-state index contributed by atoms with van der Waals surface area (Å²) in [5.41, 5.74) is 0.251. The number of halogens is 1. The van der Waals surface area contributed by atoms with E-state index in [4.69, 9.17) is 0 Å². The summed E-state index contributed by atoms with van der Waals surface area (Å²) in [5.74, 6) is -0.992. The molecule has 0 atom stereocenters. The van der Waals surface area contributed by atoms with Crippen molar-refractivity contribution in [2.75, 3.05) is 11.9 Å². The van der Waals surface area contributed by atoms with Gasteiger partial charge in [-0.25, -0.2) is 4.39 Å². The molecule has 0 spiro atoms. The van der Waals surface area contributed by atoms with Crippen LogP contribution in [0.1, 0.15) is 18.4 Å². The molecule has 0 bridgehead atoms. The molecule has 23 heavy (non-hydrogen) atoms. The first-order chi connectivity index (χ1) is 11.1. The third kappa shape index (κ3) is 3.23. The second-order valence-corrected chi connectivity index (χ2v) is 5.66. The molecule has 1 saturated carbocycles. The quantitative estimate of drug-likeness (QED) is 0.891. The first-order valence-electron chi connectivity index (χ1n) is 7.50. The normalized spacial score (nSPS) is 14.8. The predicted molar refractivity (Wildman–Crippen MR) is 85.4 cm³/mol. The van der Waals surface area contributed by atoms with Crippen LogP contribution in [-0.2, 0) is 15.0 Å². The molecule has 4 nitrogen and oxygen atoms in total. The zero-order chi connectivity index (χ0) is 16.3. The van der Waals surface area contributed by atoms with E-state index in [1.165, 1.54) is 6.07 Å². The summed E-state index contributed by atoms with van der Waals surface area (Å²) in [5, 5.41) is 5.31. The third-order valence-corrected chi connectivity index (χ3v) is 4.04. The summed E-state index contributed by atoms with van der Waals surface area (Å²) in [6, 6.07) is 15.3. The van der Waals surface area contributed by atoms with Gasteiger partial charge in [-0.05, 0) is 31.0 Å². The van der Waals surface area contributed by atoms with E-state index in [0.29, 0.717) is 24.1 Å². The molecule has 1 fully saturated rings. The van der Waals surface area contributed by atoms with E-state index in [9.17, 15) is 14.0 Å². The molecule has 2 aromatic rings. The molecule has 0 radical (unpaired) electrons. The lowest BCUT2D eigenvalue weighted by Gasteiger charge is -2.16. The maximum Gasteiger partial charge on any atom is 0.243 e. The van der Waals surface area contributed by atoms with Gasteiger partial charge in [-0.15, -0.1) is 0 Å². The van der Waals surface area contributed by atoms with E-state index in [2.05, 4.69) is 10.6 Å². The lowest BCUT2D eigenvalue weighted by Crippen LogP contribution is -2.39. The SMILES string of the molecule is O=C(CNC(=O)C1(c2ccccc2F)CC1)Nc1ccccc1. The molecule has 2 aromatic carbocycles. The maximum absolute atomic E-state index is 13.9. The number of para-hydroxylation sites is 1. The van der Waals surface area contributed by atoms with Gasteiger partial charge in [0.25, 0.3) is 0 Å². The van der Waals surface area contributed by atoms with Crippen LogP contribution < -0.4 is 10.6 Å². The van der Waals surface area contributed by atoms with E-state index in [1.807, 2.05) is 18.2 Å².